The molecular formula is C12H16ClNO2. The second-order valence-electron chi connectivity index (χ2n) is 4.36. The molecule has 88 valence electrons. The van der Waals surface area contributed by atoms with Crippen LogP contribution in [0.15, 0.2) is 12.1 Å². The van der Waals surface area contributed by atoms with Gasteiger partial charge in [-0.2, -0.15) is 0 Å². The summed E-state index contributed by atoms with van der Waals surface area (Å²) in [7, 11) is 1.93. The van der Waals surface area contributed by atoms with E-state index in [1.54, 1.807) is 0 Å². The zero-order chi connectivity index (χ0) is 11.8. The van der Waals surface area contributed by atoms with Crippen molar-refractivity contribution in [1.82, 2.24) is 5.32 Å². The highest BCUT2D eigenvalue weighted by atomic mass is 35.5. The fraction of sp³-hybridized carbons (Fsp3) is 0.500. The van der Waals surface area contributed by atoms with Gasteiger partial charge in [0.2, 0.25) is 5.79 Å². The Morgan fingerprint density at radius 2 is 2.06 bits per heavy atom. The molecule has 2 rings (SSSR count). The first-order valence-electron chi connectivity index (χ1n) is 5.37. The first kappa shape index (κ1) is 11.6. The summed E-state index contributed by atoms with van der Waals surface area (Å²) in [4.78, 5) is 0. The molecule has 1 aromatic rings. The fourth-order valence-electron chi connectivity index (χ4n) is 1.74. The SMILES string of the molecule is CNCCc1cc(Cl)c2c(c1)OC(C)(C)O2. The van der Waals surface area contributed by atoms with E-state index in [0.29, 0.717) is 10.8 Å². The molecule has 0 radical (unpaired) electrons. The Labute approximate surface area is 101 Å². The average Bonchev–Trinajstić information content (AvgIpc) is 2.50. The van der Waals surface area contributed by atoms with Crippen molar-refractivity contribution >= 4 is 11.6 Å². The van der Waals surface area contributed by atoms with Gasteiger partial charge in [-0.1, -0.05) is 11.6 Å². The Bertz CT molecular complexity index is 404. The topological polar surface area (TPSA) is 30.5 Å². The summed E-state index contributed by atoms with van der Waals surface area (Å²) in [6, 6.07) is 3.93. The maximum absolute atomic E-state index is 6.16. The molecule has 0 saturated heterocycles. The molecule has 0 fully saturated rings. The molecule has 1 N–H and O–H groups in total. The highest BCUT2D eigenvalue weighted by Gasteiger charge is 2.33. The minimum absolute atomic E-state index is 0.617. The number of halogens is 1. The number of ether oxygens (including phenoxy) is 2. The van der Waals surface area contributed by atoms with Crippen molar-refractivity contribution in [3.05, 3.63) is 22.7 Å². The fourth-order valence-corrected chi connectivity index (χ4v) is 2.01. The summed E-state index contributed by atoms with van der Waals surface area (Å²) in [6.45, 7) is 4.66. The van der Waals surface area contributed by atoms with Gasteiger partial charge in [-0.05, 0) is 37.7 Å². The zero-order valence-electron chi connectivity index (χ0n) is 9.76. The minimum atomic E-state index is -0.617. The second kappa shape index (κ2) is 4.15. The van der Waals surface area contributed by atoms with Crippen LogP contribution < -0.4 is 14.8 Å². The third-order valence-corrected chi connectivity index (χ3v) is 2.72. The quantitative estimate of drug-likeness (QED) is 0.883. The predicted octanol–water partition coefficient (Wildman–Crippen LogP) is 2.61. The molecule has 1 aromatic carbocycles. The van der Waals surface area contributed by atoms with Crippen LogP contribution in [-0.2, 0) is 6.42 Å². The normalized spacial score (nSPS) is 16.5. The zero-order valence-corrected chi connectivity index (χ0v) is 10.5. The molecule has 0 saturated carbocycles. The molecule has 0 atom stereocenters. The highest BCUT2D eigenvalue weighted by Crippen LogP contribution is 2.44. The van der Waals surface area contributed by atoms with Crippen molar-refractivity contribution in [3.8, 4) is 11.5 Å². The van der Waals surface area contributed by atoms with Crippen LogP contribution in [0.1, 0.15) is 19.4 Å². The van der Waals surface area contributed by atoms with Gasteiger partial charge in [0.15, 0.2) is 11.5 Å². The van der Waals surface area contributed by atoms with Crippen LogP contribution in [-0.4, -0.2) is 19.4 Å². The van der Waals surface area contributed by atoms with E-state index in [0.717, 1.165) is 24.3 Å². The van der Waals surface area contributed by atoms with Crippen LogP contribution in [0.5, 0.6) is 11.5 Å². The standard InChI is InChI=1S/C12H16ClNO2/c1-12(2)15-10-7-8(4-5-14-3)6-9(13)11(10)16-12/h6-7,14H,4-5H2,1-3H3. The number of fused-ring (bicyclic) bond motifs is 1. The van der Waals surface area contributed by atoms with Crippen molar-refractivity contribution < 1.29 is 9.47 Å². The van der Waals surface area contributed by atoms with Gasteiger partial charge in [0, 0.05) is 13.8 Å². The average molecular weight is 242 g/mol. The molecule has 4 heteroatoms. The van der Waals surface area contributed by atoms with Crippen molar-refractivity contribution in [2.24, 2.45) is 0 Å². The highest BCUT2D eigenvalue weighted by molar-refractivity contribution is 6.32. The summed E-state index contributed by atoms with van der Waals surface area (Å²) in [6.07, 6.45) is 0.924. The Kier molecular flexibility index (Phi) is 3.00. The van der Waals surface area contributed by atoms with E-state index in [9.17, 15) is 0 Å². The number of nitrogens with one attached hydrogen (secondary N) is 1. The lowest BCUT2D eigenvalue weighted by Gasteiger charge is -2.16. The van der Waals surface area contributed by atoms with E-state index in [1.807, 2.05) is 33.0 Å². The molecular weight excluding hydrogens is 226 g/mol. The van der Waals surface area contributed by atoms with Crippen LogP contribution in [0.4, 0.5) is 0 Å². The lowest BCUT2D eigenvalue weighted by Crippen LogP contribution is -2.29. The maximum atomic E-state index is 6.16. The first-order valence-corrected chi connectivity index (χ1v) is 5.75. The van der Waals surface area contributed by atoms with Gasteiger partial charge in [0.05, 0.1) is 5.02 Å². The lowest BCUT2D eigenvalue weighted by molar-refractivity contribution is -0.0431. The minimum Gasteiger partial charge on any atom is -0.449 e. The molecule has 1 heterocycles. The van der Waals surface area contributed by atoms with E-state index in [4.69, 9.17) is 21.1 Å². The summed E-state index contributed by atoms with van der Waals surface area (Å²) < 4.78 is 11.3. The monoisotopic (exact) mass is 241 g/mol. The molecule has 0 amide bonds. The Balaban J connectivity index is 2.27. The number of benzene rings is 1. The van der Waals surface area contributed by atoms with E-state index in [-0.39, 0.29) is 0 Å². The Morgan fingerprint density at radius 3 is 2.75 bits per heavy atom. The molecule has 1 aliphatic heterocycles. The summed E-state index contributed by atoms with van der Waals surface area (Å²) in [5, 5.41) is 3.72. The molecule has 3 nitrogen and oxygen atoms in total. The predicted molar refractivity (Wildman–Crippen MR) is 64.4 cm³/mol. The van der Waals surface area contributed by atoms with Gasteiger partial charge in [-0.15, -0.1) is 0 Å². The van der Waals surface area contributed by atoms with Gasteiger partial charge in [0.1, 0.15) is 0 Å². The van der Waals surface area contributed by atoms with Gasteiger partial charge < -0.3 is 14.8 Å². The second-order valence-corrected chi connectivity index (χ2v) is 4.77. The Hall–Kier alpha value is -0.930. The molecule has 0 bridgehead atoms. The third kappa shape index (κ3) is 2.25. The number of rotatable bonds is 3. The molecule has 0 aromatic heterocycles. The molecule has 1 aliphatic rings. The molecule has 0 spiro atoms. The number of likely N-dealkylation sites (N-methyl/N-ethyl adjacent to an activating group) is 1. The number of hydrogen-bond donors (Lipinski definition) is 1. The first-order chi connectivity index (χ1) is 7.52. The van der Waals surface area contributed by atoms with Crippen LogP contribution in [0.25, 0.3) is 0 Å². The smallest absolute Gasteiger partial charge is 0.246 e. The van der Waals surface area contributed by atoms with Gasteiger partial charge in [0.25, 0.3) is 0 Å². The van der Waals surface area contributed by atoms with E-state index >= 15 is 0 Å². The number of hydrogen-bond acceptors (Lipinski definition) is 3. The van der Waals surface area contributed by atoms with E-state index < -0.39 is 5.79 Å². The maximum Gasteiger partial charge on any atom is 0.246 e. The van der Waals surface area contributed by atoms with E-state index in [2.05, 4.69) is 5.32 Å². The summed E-state index contributed by atoms with van der Waals surface area (Å²) >= 11 is 6.16. The molecule has 16 heavy (non-hydrogen) atoms. The van der Waals surface area contributed by atoms with Gasteiger partial charge in [-0.3, -0.25) is 0 Å². The van der Waals surface area contributed by atoms with Crippen molar-refractivity contribution in [3.63, 3.8) is 0 Å². The van der Waals surface area contributed by atoms with Crippen LogP contribution in [0, 0.1) is 0 Å². The third-order valence-electron chi connectivity index (χ3n) is 2.44. The lowest BCUT2D eigenvalue weighted by atomic mass is 10.1. The van der Waals surface area contributed by atoms with Crippen molar-refractivity contribution in [2.45, 2.75) is 26.1 Å². The molecule has 0 aliphatic carbocycles. The van der Waals surface area contributed by atoms with Crippen LogP contribution in [0.3, 0.4) is 0 Å². The summed E-state index contributed by atoms with van der Waals surface area (Å²) in [5.74, 6) is 0.775. The largest absolute Gasteiger partial charge is 0.449 e. The van der Waals surface area contributed by atoms with Crippen LogP contribution in [0.2, 0.25) is 5.02 Å². The molecule has 0 unspecified atom stereocenters. The Morgan fingerprint density at radius 1 is 1.31 bits per heavy atom. The van der Waals surface area contributed by atoms with Crippen LogP contribution >= 0.6 is 11.6 Å². The van der Waals surface area contributed by atoms with Gasteiger partial charge in [-0.25, -0.2) is 0 Å². The van der Waals surface area contributed by atoms with E-state index in [1.165, 1.54) is 0 Å². The van der Waals surface area contributed by atoms with Crippen molar-refractivity contribution in [1.29, 1.82) is 0 Å². The van der Waals surface area contributed by atoms with Crippen molar-refractivity contribution in [2.75, 3.05) is 13.6 Å². The van der Waals surface area contributed by atoms with Gasteiger partial charge >= 0.3 is 0 Å². The summed E-state index contributed by atoms with van der Waals surface area (Å²) in [5.41, 5.74) is 1.15.